The minimum Gasteiger partial charge on any atom is -0.379 e. The van der Waals surface area contributed by atoms with E-state index in [9.17, 15) is 4.79 Å². The number of aromatic nitrogens is 1. The van der Waals surface area contributed by atoms with E-state index < -0.39 is 0 Å². The maximum absolute atomic E-state index is 12.6. The molecule has 1 aromatic rings. The second kappa shape index (κ2) is 8.44. The first-order valence-corrected chi connectivity index (χ1v) is 8.98. The number of hydrogen-bond acceptors (Lipinski definition) is 4. The number of urea groups is 1. The van der Waals surface area contributed by atoms with Crippen molar-refractivity contribution in [2.45, 2.75) is 25.8 Å². The molecule has 2 aliphatic rings. The number of pyridine rings is 1. The number of morpholine rings is 1. The first kappa shape index (κ1) is 17.2. The topological polar surface area (TPSA) is 57.7 Å². The molecule has 0 radical (unpaired) electrons. The molecule has 2 fully saturated rings. The highest BCUT2D eigenvalue weighted by molar-refractivity contribution is 5.74. The lowest BCUT2D eigenvalue weighted by Crippen LogP contribution is -2.49. The van der Waals surface area contributed by atoms with Gasteiger partial charge in [0.05, 0.1) is 19.3 Å². The van der Waals surface area contributed by atoms with E-state index in [1.165, 1.54) is 6.42 Å². The lowest BCUT2D eigenvalue weighted by atomic mass is 9.97. The average molecular weight is 332 g/mol. The number of piperidine rings is 1. The molecule has 3 rings (SSSR count). The predicted molar refractivity (Wildman–Crippen MR) is 92.7 cm³/mol. The molecule has 2 saturated heterocycles. The molecule has 0 saturated carbocycles. The lowest BCUT2D eigenvalue weighted by Gasteiger charge is -2.37. The third kappa shape index (κ3) is 4.68. The zero-order valence-corrected chi connectivity index (χ0v) is 14.5. The standard InChI is InChI=1S/C18H28N4O2/c1-15(17-4-6-19-7-5-17)20-18(23)22-8-2-3-16(14-22)13-21-9-11-24-12-10-21/h4-7,15-16H,2-3,8-14H2,1H3,(H,20,23)/t15-,16-/m0/s1. The lowest BCUT2D eigenvalue weighted by molar-refractivity contribution is 0.0248. The third-order valence-corrected chi connectivity index (χ3v) is 4.97. The molecule has 0 unspecified atom stereocenters. The van der Waals surface area contributed by atoms with Crippen LogP contribution in [0, 0.1) is 5.92 Å². The van der Waals surface area contributed by atoms with Crippen LogP contribution in [0.5, 0.6) is 0 Å². The van der Waals surface area contributed by atoms with Crippen LogP contribution in [-0.2, 0) is 4.74 Å². The molecule has 3 heterocycles. The highest BCUT2D eigenvalue weighted by atomic mass is 16.5. The molecular formula is C18H28N4O2. The van der Waals surface area contributed by atoms with Gasteiger partial charge in [0.1, 0.15) is 0 Å². The van der Waals surface area contributed by atoms with Gasteiger partial charge in [0, 0.05) is 45.1 Å². The first-order valence-electron chi connectivity index (χ1n) is 8.98. The number of carbonyl (C=O) groups is 1. The van der Waals surface area contributed by atoms with Gasteiger partial charge in [0.15, 0.2) is 0 Å². The number of amides is 2. The predicted octanol–water partition coefficient (Wildman–Crippen LogP) is 1.90. The summed E-state index contributed by atoms with van der Waals surface area (Å²) in [4.78, 5) is 21.1. The number of nitrogens with zero attached hydrogens (tertiary/aromatic N) is 3. The Kier molecular flexibility index (Phi) is 6.04. The highest BCUT2D eigenvalue weighted by Crippen LogP contribution is 2.19. The van der Waals surface area contributed by atoms with Crippen LogP contribution in [0.25, 0.3) is 0 Å². The average Bonchev–Trinajstić information content (AvgIpc) is 2.63. The van der Waals surface area contributed by atoms with Crippen LogP contribution >= 0.6 is 0 Å². The van der Waals surface area contributed by atoms with Gasteiger partial charge in [0.25, 0.3) is 0 Å². The van der Waals surface area contributed by atoms with E-state index in [2.05, 4.69) is 15.2 Å². The minimum atomic E-state index is 0.000111. The fourth-order valence-corrected chi connectivity index (χ4v) is 3.56. The van der Waals surface area contributed by atoms with Gasteiger partial charge in [-0.3, -0.25) is 9.88 Å². The zero-order valence-electron chi connectivity index (χ0n) is 14.5. The van der Waals surface area contributed by atoms with Crippen molar-refractivity contribution >= 4 is 6.03 Å². The van der Waals surface area contributed by atoms with Gasteiger partial charge in [-0.25, -0.2) is 4.79 Å². The Morgan fingerprint density at radius 2 is 2.08 bits per heavy atom. The molecule has 24 heavy (non-hydrogen) atoms. The molecule has 0 bridgehead atoms. The Morgan fingerprint density at radius 1 is 1.33 bits per heavy atom. The van der Waals surface area contributed by atoms with Crippen molar-refractivity contribution < 1.29 is 9.53 Å². The monoisotopic (exact) mass is 332 g/mol. The molecule has 132 valence electrons. The van der Waals surface area contributed by atoms with Gasteiger partial charge in [-0.2, -0.15) is 0 Å². The number of ether oxygens (including phenoxy) is 1. The molecule has 2 aliphatic heterocycles. The molecule has 6 nitrogen and oxygen atoms in total. The van der Waals surface area contributed by atoms with Crippen molar-refractivity contribution in [3.8, 4) is 0 Å². The summed E-state index contributed by atoms with van der Waals surface area (Å²) in [7, 11) is 0. The van der Waals surface area contributed by atoms with E-state index in [-0.39, 0.29) is 12.1 Å². The summed E-state index contributed by atoms with van der Waals surface area (Å²) >= 11 is 0. The smallest absolute Gasteiger partial charge is 0.317 e. The normalized spacial score (nSPS) is 23.7. The van der Waals surface area contributed by atoms with Crippen molar-refractivity contribution in [3.05, 3.63) is 30.1 Å². The molecule has 0 aliphatic carbocycles. The summed E-state index contributed by atoms with van der Waals surface area (Å²) < 4.78 is 5.41. The largest absolute Gasteiger partial charge is 0.379 e. The molecule has 1 aromatic heterocycles. The zero-order chi connectivity index (χ0) is 16.8. The molecule has 2 amide bonds. The third-order valence-electron chi connectivity index (χ3n) is 4.97. The van der Waals surface area contributed by atoms with Crippen LogP contribution in [0.3, 0.4) is 0 Å². The summed E-state index contributed by atoms with van der Waals surface area (Å²) in [5, 5.41) is 3.12. The van der Waals surface area contributed by atoms with Gasteiger partial charge >= 0.3 is 6.03 Å². The van der Waals surface area contributed by atoms with Gasteiger partial charge in [0.2, 0.25) is 0 Å². The van der Waals surface area contributed by atoms with Crippen molar-refractivity contribution in [1.82, 2.24) is 20.1 Å². The Hall–Kier alpha value is -1.66. The SMILES string of the molecule is C[C@H](NC(=O)N1CCC[C@@H](CN2CCOCC2)C1)c1ccncc1. The second-order valence-electron chi connectivity index (χ2n) is 6.82. The number of carbonyl (C=O) groups excluding carboxylic acids is 1. The molecule has 0 spiro atoms. The maximum atomic E-state index is 12.6. The number of rotatable bonds is 4. The van der Waals surface area contributed by atoms with E-state index in [0.717, 1.165) is 57.9 Å². The van der Waals surface area contributed by atoms with E-state index in [0.29, 0.717) is 5.92 Å². The van der Waals surface area contributed by atoms with Gasteiger partial charge < -0.3 is 15.0 Å². The van der Waals surface area contributed by atoms with Gasteiger partial charge in [-0.1, -0.05) is 0 Å². The van der Waals surface area contributed by atoms with Crippen molar-refractivity contribution in [2.24, 2.45) is 5.92 Å². The van der Waals surface area contributed by atoms with Crippen LogP contribution < -0.4 is 5.32 Å². The quantitative estimate of drug-likeness (QED) is 0.915. The summed E-state index contributed by atoms with van der Waals surface area (Å²) in [6.45, 7) is 8.50. The second-order valence-corrected chi connectivity index (χ2v) is 6.82. The van der Waals surface area contributed by atoms with E-state index in [1.807, 2.05) is 24.0 Å². The Morgan fingerprint density at radius 3 is 2.83 bits per heavy atom. The molecular weight excluding hydrogens is 304 g/mol. The minimum absolute atomic E-state index is 0.000111. The fraction of sp³-hybridized carbons (Fsp3) is 0.667. The Balaban J connectivity index is 1.49. The molecule has 1 N–H and O–H groups in total. The molecule has 6 heteroatoms. The number of likely N-dealkylation sites (tertiary alicyclic amines) is 1. The van der Waals surface area contributed by atoms with Gasteiger partial charge in [-0.15, -0.1) is 0 Å². The number of hydrogen-bond donors (Lipinski definition) is 1. The first-order chi connectivity index (χ1) is 11.7. The van der Waals surface area contributed by atoms with E-state index in [1.54, 1.807) is 12.4 Å². The maximum Gasteiger partial charge on any atom is 0.317 e. The summed E-state index contributed by atoms with van der Waals surface area (Å²) in [5.41, 5.74) is 1.08. The van der Waals surface area contributed by atoms with E-state index >= 15 is 0 Å². The van der Waals surface area contributed by atoms with Crippen LogP contribution in [0.15, 0.2) is 24.5 Å². The van der Waals surface area contributed by atoms with Gasteiger partial charge in [-0.05, 0) is 43.4 Å². The fourth-order valence-electron chi connectivity index (χ4n) is 3.56. The molecule has 2 atom stereocenters. The van der Waals surface area contributed by atoms with Crippen LogP contribution in [0.2, 0.25) is 0 Å². The summed E-state index contributed by atoms with van der Waals surface area (Å²) in [6, 6.07) is 3.94. The van der Waals surface area contributed by atoms with Crippen molar-refractivity contribution in [1.29, 1.82) is 0 Å². The molecule has 0 aromatic carbocycles. The number of nitrogens with one attached hydrogen (secondary N) is 1. The Bertz CT molecular complexity index is 519. The van der Waals surface area contributed by atoms with Crippen molar-refractivity contribution in [3.63, 3.8) is 0 Å². The highest BCUT2D eigenvalue weighted by Gasteiger charge is 2.26. The van der Waals surface area contributed by atoms with Crippen LogP contribution in [-0.4, -0.2) is 66.8 Å². The summed E-state index contributed by atoms with van der Waals surface area (Å²) in [6.07, 6.45) is 5.82. The Labute approximate surface area is 144 Å². The van der Waals surface area contributed by atoms with E-state index in [4.69, 9.17) is 4.74 Å². The van der Waals surface area contributed by atoms with Crippen molar-refractivity contribution in [2.75, 3.05) is 45.9 Å². The van der Waals surface area contributed by atoms with Crippen LogP contribution in [0.4, 0.5) is 4.79 Å². The summed E-state index contributed by atoms with van der Waals surface area (Å²) in [5.74, 6) is 0.568. The van der Waals surface area contributed by atoms with Crippen LogP contribution in [0.1, 0.15) is 31.4 Å².